The highest BCUT2D eigenvalue weighted by Crippen LogP contribution is 2.34. The number of hydrogen-bond donors (Lipinski definition) is 1. The standard InChI is InChI=1S/C26H26N2O3/c1-19-9-11-21(12-10-19)17-28-23-16-22(13-14-24(23)31-18-25(28)29)26(30)27-15-5-8-20-6-3-2-4-7-20/h2-4,6-7,9-14,16H,5,8,15,17-18H2,1H3,(H,27,30). The van der Waals surface area contributed by atoms with E-state index in [0.29, 0.717) is 30.1 Å². The van der Waals surface area contributed by atoms with Gasteiger partial charge in [-0.15, -0.1) is 0 Å². The van der Waals surface area contributed by atoms with Crippen LogP contribution >= 0.6 is 0 Å². The Morgan fingerprint density at radius 2 is 1.77 bits per heavy atom. The lowest BCUT2D eigenvalue weighted by Crippen LogP contribution is -2.38. The quantitative estimate of drug-likeness (QED) is 0.587. The highest BCUT2D eigenvalue weighted by molar-refractivity contribution is 6.01. The minimum atomic E-state index is -0.149. The molecule has 0 aromatic heterocycles. The molecule has 0 aliphatic carbocycles. The topological polar surface area (TPSA) is 58.6 Å². The molecule has 3 aromatic rings. The first-order chi connectivity index (χ1) is 15.1. The molecule has 0 radical (unpaired) electrons. The molecule has 1 aliphatic heterocycles. The van der Waals surface area contributed by atoms with Gasteiger partial charge in [0.1, 0.15) is 5.75 Å². The Hall–Kier alpha value is -3.60. The molecule has 0 saturated carbocycles. The fraction of sp³-hybridized carbons (Fsp3) is 0.231. The highest BCUT2D eigenvalue weighted by Gasteiger charge is 2.26. The molecule has 0 saturated heterocycles. The number of ether oxygens (including phenoxy) is 1. The van der Waals surface area contributed by atoms with Crippen molar-refractivity contribution in [3.8, 4) is 5.75 Å². The van der Waals surface area contributed by atoms with Gasteiger partial charge in [0.2, 0.25) is 0 Å². The molecule has 0 unspecified atom stereocenters. The normalized spacial score (nSPS) is 12.8. The summed E-state index contributed by atoms with van der Waals surface area (Å²) in [6, 6.07) is 23.6. The van der Waals surface area contributed by atoms with Crippen molar-refractivity contribution in [2.24, 2.45) is 0 Å². The number of hydrogen-bond acceptors (Lipinski definition) is 3. The molecule has 4 rings (SSSR count). The summed E-state index contributed by atoms with van der Waals surface area (Å²) in [6.45, 7) is 3.07. The number of fused-ring (bicyclic) bond motifs is 1. The van der Waals surface area contributed by atoms with E-state index in [9.17, 15) is 9.59 Å². The molecule has 158 valence electrons. The first-order valence-electron chi connectivity index (χ1n) is 10.5. The molecule has 5 nitrogen and oxygen atoms in total. The summed E-state index contributed by atoms with van der Waals surface area (Å²) in [5.41, 5.74) is 4.61. The number of carbonyl (C=O) groups excluding carboxylic acids is 2. The van der Waals surface area contributed by atoms with Crippen molar-refractivity contribution in [1.29, 1.82) is 0 Å². The van der Waals surface area contributed by atoms with Gasteiger partial charge in [0.05, 0.1) is 12.2 Å². The lowest BCUT2D eigenvalue weighted by Gasteiger charge is -2.30. The lowest BCUT2D eigenvalue weighted by atomic mass is 10.1. The Balaban J connectivity index is 1.43. The maximum absolute atomic E-state index is 12.7. The van der Waals surface area contributed by atoms with E-state index in [4.69, 9.17) is 4.74 Å². The zero-order valence-corrected chi connectivity index (χ0v) is 17.6. The van der Waals surface area contributed by atoms with E-state index in [1.807, 2.05) is 49.4 Å². The van der Waals surface area contributed by atoms with E-state index in [1.54, 1.807) is 23.1 Å². The Bertz CT molecular complexity index is 1060. The van der Waals surface area contributed by atoms with Crippen molar-refractivity contribution >= 4 is 17.5 Å². The Kier molecular flexibility index (Phi) is 6.32. The third kappa shape index (κ3) is 5.12. The van der Waals surface area contributed by atoms with E-state index < -0.39 is 0 Å². The fourth-order valence-electron chi connectivity index (χ4n) is 3.63. The average molecular weight is 415 g/mol. The number of nitrogens with zero attached hydrogens (tertiary/aromatic N) is 1. The summed E-state index contributed by atoms with van der Waals surface area (Å²) < 4.78 is 5.58. The predicted octanol–water partition coefficient (Wildman–Crippen LogP) is 4.28. The van der Waals surface area contributed by atoms with Gasteiger partial charge in [-0.05, 0) is 49.1 Å². The van der Waals surface area contributed by atoms with E-state index in [2.05, 4.69) is 17.4 Å². The molecule has 0 fully saturated rings. The van der Waals surface area contributed by atoms with Crippen LogP contribution in [0.1, 0.15) is 33.5 Å². The van der Waals surface area contributed by atoms with Crippen LogP contribution in [0.5, 0.6) is 5.75 Å². The van der Waals surface area contributed by atoms with Crippen molar-refractivity contribution < 1.29 is 14.3 Å². The largest absolute Gasteiger partial charge is 0.482 e. The summed E-state index contributed by atoms with van der Waals surface area (Å²) in [5.74, 6) is 0.352. The Morgan fingerprint density at radius 3 is 2.55 bits per heavy atom. The zero-order valence-electron chi connectivity index (χ0n) is 17.6. The molecular formula is C26H26N2O3. The molecular weight excluding hydrogens is 388 g/mol. The highest BCUT2D eigenvalue weighted by atomic mass is 16.5. The van der Waals surface area contributed by atoms with E-state index in [0.717, 1.165) is 18.4 Å². The molecule has 2 amide bonds. The number of anilines is 1. The summed E-state index contributed by atoms with van der Waals surface area (Å²) in [4.78, 5) is 26.9. The minimum Gasteiger partial charge on any atom is -0.482 e. The maximum atomic E-state index is 12.7. The minimum absolute atomic E-state index is 0.00386. The molecule has 5 heteroatoms. The monoisotopic (exact) mass is 414 g/mol. The van der Waals surface area contributed by atoms with Gasteiger partial charge in [0.15, 0.2) is 6.61 Å². The number of amides is 2. The third-order valence-electron chi connectivity index (χ3n) is 5.40. The van der Waals surface area contributed by atoms with Crippen LogP contribution in [0.4, 0.5) is 5.69 Å². The van der Waals surface area contributed by atoms with Gasteiger partial charge in [-0.2, -0.15) is 0 Å². The summed E-state index contributed by atoms with van der Waals surface area (Å²) in [5, 5.41) is 2.97. The molecule has 3 aromatic carbocycles. The summed E-state index contributed by atoms with van der Waals surface area (Å²) in [6.07, 6.45) is 1.78. The van der Waals surface area contributed by atoms with Crippen LogP contribution in [0.15, 0.2) is 72.8 Å². The number of carbonyl (C=O) groups is 2. The lowest BCUT2D eigenvalue weighted by molar-refractivity contribution is -0.121. The average Bonchev–Trinajstić information content (AvgIpc) is 2.80. The van der Waals surface area contributed by atoms with E-state index in [1.165, 1.54) is 11.1 Å². The van der Waals surface area contributed by atoms with Gasteiger partial charge >= 0.3 is 0 Å². The van der Waals surface area contributed by atoms with Crippen molar-refractivity contribution in [2.75, 3.05) is 18.1 Å². The summed E-state index contributed by atoms with van der Waals surface area (Å²) in [7, 11) is 0. The van der Waals surface area contributed by atoms with Crippen molar-refractivity contribution in [3.05, 3.63) is 95.1 Å². The number of rotatable bonds is 7. The SMILES string of the molecule is Cc1ccc(CN2C(=O)COc3ccc(C(=O)NCCCc4ccccc4)cc32)cc1. The second-order valence-electron chi connectivity index (χ2n) is 7.78. The second kappa shape index (κ2) is 9.47. The summed E-state index contributed by atoms with van der Waals surface area (Å²) >= 11 is 0. The number of benzene rings is 3. The third-order valence-corrected chi connectivity index (χ3v) is 5.40. The Labute approximate surface area is 182 Å². The molecule has 1 aliphatic rings. The van der Waals surface area contributed by atoms with Gasteiger partial charge in [0.25, 0.3) is 11.8 Å². The number of nitrogens with one attached hydrogen (secondary N) is 1. The fourth-order valence-corrected chi connectivity index (χ4v) is 3.63. The van der Waals surface area contributed by atoms with Gasteiger partial charge < -0.3 is 15.0 Å². The molecule has 0 bridgehead atoms. The first-order valence-corrected chi connectivity index (χ1v) is 10.5. The van der Waals surface area contributed by atoms with Gasteiger partial charge in [0, 0.05) is 12.1 Å². The van der Waals surface area contributed by atoms with Crippen molar-refractivity contribution in [2.45, 2.75) is 26.3 Å². The molecule has 31 heavy (non-hydrogen) atoms. The smallest absolute Gasteiger partial charge is 0.265 e. The van der Waals surface area contributed by atoms with Crippen LogP contribution in [-0.4, -0.2) is 25.0 Å². The van der Waals surface area contributed by atoms with Crippen LogP contribution in [0.2, 0.25) is 0 Å². The maximum Gasteiger partial charge on any atom is 0.265 e. The number of aryl methyl sites for hydroxylation is 2. The van der Waals surface area contributed by atoms with E-state index >= 15 is 0 Å². The molecule has 0 spiro atoms. The molecule has 0 atom stereocenters. The Morgan fingerprint density at radius 1 is 1.00 bits per heavy atom. The van der Waals surface area contributed by atoms with E-state index in [-0.39, 0.29) is 18.4 Å². The van der Waals surface area contributed by atoms with Gasteiger partial charge in [-0.3, -0.25) is 9.59 Å². The second-order valence-corrected chi connectivity index (χ2v) is 7.78. The van der Waals surface area contributed by atoms with Gasteiger partial charge in [-0.1, -0.05) is 60.2 Å². The first kappa shape index (κ1) is 20.7. The van der Waals surface area contributed by atoms with Crippen LogP contribution < -0.4 is 15.0 Å². The zero-order chi connectivity index (χ0) is 21.6. The molecule has 1 heterocycles. The molecule has 1 N–H and O–H groups in total. The van der Waals surface area contributed by atoms with Crippen LogP contribution in [0.3, 0.4) is 0 Å². The predicted molar refractivity (Wildman–Crippen MR) is 121 cm³/mol. The van der Waals surface area contributed by atoms with Crippen LogP contribution in [0.25, 0.3) is 0 Å². The van der Waals surface area contributed by atoms with Crippen LogP contribution in [0, 0.1) is 6.92 Å². The van der Waals surface area contributed by atoms with Crippen molar-refractivity contribution in [1.82, 2.24) is 5.32 Å². The van der Waals surface area contributed by atoms with Crippen LogP contribution in [-0.2, 0) is 17.8 Å². The van der Waals surface area contributed by atoms with Gasteiger partial charge in [-0.25, -0.2) is 0 Å². The van der Waals surface area contributed by atoms with Crippen molar-refractivity contribution in [3.63, 3.8) is 0 Å².